The largest absolute Gasteiger partial charge is 0.377 e. The Labute approximate surface area is 192 Å². The number of nitrogens with one attached hydrogen (secondary N) is 1. The average Bonchev–Trinajstić information content (AvgIpc) is 2.70. The molecule has 0 aliphatic rings. The van der Waals surface area contributed by atoms with Crippen molar-refractivity contribution in [1.29, 1.82) is 0 Å². The van der Waals surface area contributed by atoms with Gasteiger partial charge in [-0.05, 0) is 41.7 Å². The highest BCUT2D eigenvalue weighted by Gasteiger charge is 2.23. The zero-order chi connectivity index (χ0) is 23.9. The highest BCUT2D eigenvalue weighted by molar-refractivity contribution is 5.91. The van der Waals surface area contributed by atoms with Crippen LogP contribution >= 0.6 is 0 Å². The summed E-state index contributed by atoms with van der Waals surface area (Å²) in [5.74, 6) is -0.109. The van der Waals surface area contributed by atoms with Crippen LogP contribution in [-0.2, 0) is 20.9 Å². The van der Waals surface area contributed by atoms with Crippen LogP contribution in [0.3, 0.4) is 0 Å². The minimum Gasteiger partial charge on any atom is -0.377 e. The van der Waals surface area contributed by atoms with Gasteiger partial charge in [-0.1, -0.05) is 51.1 Å². The first-order valence-electron chi connectivity index (χ1n) is 11.0. The molecule has 0 aliphatic carbocycles. The van der Waals surface area contributed by atoms with Gasteiger partial charge in [0.1, 0.15) is 6.61 Å². The van der Waals surface area contributed by atoms with Crippen LogP contribution in [0.2, 0.25) is 0 Å². The standard InChI is InChI=1S/C26H37N3O3/c1-19(20-11-9-8-10-12-20)29(25(31)18-32-7)17-21-15-22(13-14-23(21)28(5)6)27-24(30)16-26(2,3)4/h8-15,19H,16-18H2,1-7H3,(H,27,30). The molecule has 0 bridgehead atoms. The summed E-state index contributed by atoms with van der Waals surface area (Å²) in [6.45, 7) is 8.55. The van der Waals surface area contributed by atoms with E-state index in [1.807, 2.05) is 100 Å². The van der Waals surface area contributed by atoms with Crippen molar-refractivity contribution in [2.75, 3.05) is 38.0 Å². The molecule has 1 atom stereocenters. The fourth-order valence-corrected chi connectivity index (χ4v) is 3.66. The minimum atomic E-state index is -0.131. The van der Waals surface area contributed by atoms with Crippen LogP contribution in [0.5, 0.6) is 0 Å². The monoisotopic (exact) mass is 439 g/mol. The molecule has 1 N–H and O–H groups in total. The van der Waals surface area contributed by atoms with Gasteiger partial charge in [0.25, 0.3) is 0 Å². The highest BCUT2D eigenvalue weighted by Crippen LogP contribution is 2.29. The Balaban J connectivity index is 2.37. The van der Waals surface area contributed by atoms with Crippen molar-refractivity contribution >= 4 is 23.2 Å². The van der Waals surface area contributed by atoms with Crippen molar-refractivity contribution in [1.82, 2.24) is 4.90 Å². The van der Waals surface area contributed by atoms with Crippen molar-refractivity contribution in [2.24, 2.45) is 5.41 Å². The van der Waals surface area contributed by atoms with Crippen LogP contribution in [0.15, 0.2) is 48.5 Å². The highest BCUT2D eigenvalue weighted by atomic mass is 16.5. The van der Waals surface area contributed by atoms with Gasteiger partial charge in [0, 0.05) is 45.5 Å². The molecule has 2 aromatic carbocycles. The van der Waals surface area contributed by atoms with Crippen molar-refractivity contribution in [3.05, 3.63) is 59.7 Å². The number of hydrogen-bond acceptors (Lipinski definition) is 4. The smallest absolute Gasteiger partial charge is 0.249 e. The molecule has 6 heteroatoms. The molecule has 174 valence electrons. The number of carbonyl (C=O) groups excluding carboxylic acids is 2. The summed E-state index contributed by atoms with van der Waals surface area (Å²) in [4.78, 5) is 29.3. The summed E-state index contributed by atoms with van der Waals surface area (Å²) in [5.41, 5.74) is 3.64. The maximum absolute atomic E-state index is 13.0. The van der Waals surface area contributed by atoms with E-state index < -0.39 is 0 Å². The second-order valence-corrected chi connectivity index (χ2v) is 9.56. The van der Waals surface area contributed by atoms with Crippen LogP contribution in [0.1, 0.15) is 51.3 Å². The van der Waals surface area contributed by atoms with Crippen molar-refractivity contribution in [3.63, 3.8) is 0 Å². The number of benzene rings is 2. The van der Waals surface area contributed by atoms with E-state index in [1.165, 1.54) is 7.11 Å². The van der Waals surface area contributed by atoms with Crippen LogP contribution in [-0.4, -0.2) is 44.5 Å². The molecule has 32 heavy (non-hydrogen) atoms. The fraction of sp³-hybridized carbons (Fsp3) is 0.462. The number of anilines is 2. The first-order valence-corrected chi connectivity index (χ1v) is 11.0. The fourth-order valence-electron chi connectivity index (χ4n) is 3.66. The number of nitrogens with zero attached hydrogens (tertiary/aromatic N) is 2. The van der Waals surface area contributed by atoms with Gasteiger partial charge in [0.05, 0.1) is 6.04 Å². The molecule has 0 saturated heterocycles. The summed E-state index contributed by atoms with van der Waals surface area (Å²) in [6.07, 6.45) is 0.432. The lowest BCUT2D eigenvalue weighted by Crippen LogP contribution is -2.36. The number of amides is 2. The zero-order valence-corrected chi connectivity index (χ0v) is 20.4. The van der Waals surface area contributed by atoms with E-state index in [4.69, 9.17) is 4.74 Å². The molecule has 0 saturated carbocycles. The molecule has 0 aromatic heterocycles. The summed E-state index contributed by atoms with van der Waals surface area (Å²) >= 11 is 0. The van der Waals surface area contributed by atoms with Gasteiger partial charge in [-0.25, -0.2) is 0 Å². The van der Waals surface area contributed by atoms with Gasteiger partial charge < -0.3 is 19.9 Å². The Kier molecular flexibility index (Phi) is 8.84. The third kappa shape index (κ3) is 7.38. The first kappa shape index (κ1) is 25.4. The molecule has 0 fully saturated rings. The van der Waals surface area contributed by atoms with Gasteiger partial charge in [-0.3, -0.25) is 9.59 Å². The molecule has 1 unspecified atom stereocenters. The lowest BCUT2D eigenvalue weighted by molar-refractivity contribution is -0.138. The Morgan fingerprint density at radius 3 is 2.28 bits per heavy atom. The van der Waals surface area contributed by atoms with Crippen molar-refractivity contribution < 1.29 is 14.3 Å². The molecule has 0 radical (unpaired) electrons. The van der Waals surface area contributed by atoms with Gasteiger partial charge in [-0.2, -0.15) is 0 Å². The van der Waals surface area contributed by atoms with E-state index in [0.717, 1.165) is 22.5 Å². The number of rotatable bonds is 9. The zero-order valence-electron chi connectivity index (χ0n) is 20.4. The molecule has 0 spiro atoms. The van der Waals surface area contributed by atoms with E-state index in [9.17, 15) is 9.59 Å². The van der Waals surface area contributed by atoms with E-state index in [2.05, 4.69) is 5.32 Å². The average molecular weight is 440 g/mol. The molecule has 0 heterocycles. The van der Waals surface area contributed by atoms with E-state index in [0.29, 0.717) is 13.0 Å². The Hall–Kier alpha value is -2.86. The van der Waals surface area contributed by atoms with Gasteiger partial charge in [0.2, 0.25) is 11.8 Å². The molecule has 2 amide bonds. The SMILES string of the molecule is COCC(=O)N(Cc1cc(NC(=O)CC(C)(C)C)ccc1N(C)C)C(C)c1ccccc1. The molecular weight excluding hydrogens is 402 g/mol. The van der Waals surface area contributed by atoms with Crippen LogP contribution in [0, 0.1) is 5.41 Å². The normalized spacial score (nSPS) is 12.2. The Morgan fingerprint density at radius 1 is 1.06 bits per heavy atom. The molecular formula is C26H37N3O3. The van der Waals surface area contributed by atoms with E-state index in [-0.39, 0.29) is 29.9 Å². The first-order chi connectivity index (χ1) is 15.0. The number of hydrogen-bond donors (Lipinski definition) is 1. The summed E-state index contributed by atoms with van der Waals surface area (Å²) in [7, 11) is 5.47. The quantitative estimate of drug-likeness (QED) is 0.606. The summed E-state index contributed by atoms with van der Waals surface area (Å²) in [5, 5.41) is 3.01. The van der Waals surface area contributed by atoms with Crippen LogP contribution in [0.25, 0.3) is 0 Å². The molecule has 0 aliphatic heterocycles. The molecule has 6 nitrogen and oxygen atoms in total. The number of carbonyl (C=O) groups is 2. The minimum absolute atomic E-state index is 0.0104. The van der Waals surface area contributed by atoms with Crippen molar-refractivity contribution in [2.45, 2.75) is 46.7 Å². The third-order valence-corrected chi connectivity index (χ3v) is 5.21. The van der Waals surface area contributed by atoms with Crippen molar-refractivity contribution in [3.8, 4) is 0 Å². The lowest BCUT2D eigenvalue weighted by Gasteiger charge is -2.31. The maximum Gasteiger partial charge on any atom is 0.249 e. The summed E-state index contributed by atoms with van der Waals surface area (Å²) in [6, 6.07) is 15.7. The van der Waals surface area contributed by atoms with E-state index >= 15 is 0 Å². The second-order valence-electron chi connectivity index (χ2n) is 9.56. The van der Waals surface area contributed by atoms with Gasteiger partial charge in [-0.15, -0.1) is 0 Å². The number of methoxy groups -OCH3 is 1. The lowest BCUT2D eigenvalue weighted by atomic mass is 9.92. The summed E-state index contributed by atoms with van der Waals surface area (Å²) < 4.78 is 5.15. The Morgan fingerprint density at radius 2 is 1.72 bits per heavy atom. The maximum atomic E-state index is 13.0. The predicted octanol–water partition coefficient (Wildman–Crippen LogP) is 4.86. The van der Waals surface area contributed by atoms with Gasteiger partial charge >= 0.3 is 0 Å². The molecule has 2 aromatic rings. The third-order valence-electron chi connectivity index (χ3n) is 5.21. The second kappa shape index (κ2) is 11.1. The van der Waals surface area contributed by atoms with Crippen LogP contribution in [0.4, 0.5) is 11.4 Å². The van der Waals surface area contributed by atoms with Gasteiger partial charge in [0.15, 0.2) is 0 Å². The van der Waals surface area contributed by atoms with Crippen LogP contribution < -0.4 is 10.2 Å². The Bertz CT molecular complexity index is 904. The molecule has 2 rings (SSSR count). The van der Waals surface area contributed by atoms with E-state index in [1.54, 1.807) is 0 Å². The topological polar surface area (TPSA) is 61.9 Å². The number of ether oxygens (including phenoxy) is 1. The predicted molar refractivity (Wildman–Crippen MR) is 131 cm³/mol.